The lowest BCUT2D eigenvalue weighted by Gasteiger charge is -2.11. The fraction of sp³-hybridized carbons (Fsp3) is 0.364. The first-order valence-electron chi connectivity index (χ1n) is 5.30. The molecular weight excluding hydrogens is 254 g/mol. The third-order valence-electron chi connectivity index (χ3n) is 2.21. The van der Waals surface area contributed by atoms with Crippen molar-refractivity contribution in [3.05, 3.63) is 24.0 Å². The zero-order valence-electron chi connectivity index (χ0n) is 10.1. The summed E-state index contributed by atoms with van der Waals surface area (Å²) < 4.78 is 0. The molecule has 0 aliphatic carbocycles. The monoisotopic (exact) mass is 269 g/mol. The van der Waals surface area contributed by atoms with E-state index in [1.807, 2.05) is 13.2 Å². The van der Waals surface area contributed by atoms with Gasteiger partial charge in [0.05, 0.1) is 5.69 Å². The molecule has 1 unspecified atom stereocenters. The van der Waals surface area contributed by atoms with Crippen LogP contribution in [-0.2, 0) is 0 Å². The third kappa shape index (κ3) is 4.25. The molecule has 1 aromatic heterocycles. The predicted molar refractivity (Wildman–Crippen MR) is 71.2 cm³/mol. The Morgan fingerprint density at radius 3 is 2.89 bits per heavy atom. The van der Waals surface area contributed by atoms with Crippen LogP contribution in [0.1, 0.15) is 17.4 Å². The highest BCUT2D eigenvalue weighted by Gasteiger charge is 2.13. The number of rotatable bonds is 5. The van der Waals surface area contributed by atoms with Gasteiger partial charge in [0.1, 0.15) is 0 Å². The zero-order chi connectivity index (χ0) is 13.5. The van der Waals surface area contributed by atoms with E-state index >= 15 is 0 Å². The Morgan fingerprint density at radius 2 is 2.28 bits per heavy atom. The van der Waals surface area contributed by atoms with Crippen molar-refractivity contribution in [3.8, 4) is 0 Å². The van der Waals surface area contributed by atoms with Gasteiger partial charge in [0.15, 0.2) is 5.69 Å². The van der Waals surface area contributed by atoms with E-state index in [1.54, 1.807) is 17.8 Å². The Labute approximate surface area is 109 Å². The molecule has 1 aromatic rings. The maximum atomic E-state index is 11.6. The summed E-state index contributed by atoms with van der Waals surface area (Å²) in [6.45, 7) is 2.49. The van der Waals surface area contributed by atoms with Gasteiger partial charge in [-0.2, -0.15) is 11.8 Å². The minimum absolute atomic E-state index is 0.175. The summed E-state index contributed by atoms with van der Waals surface area (Å²) in [7, 11) is 0. The third-order valence-corrected chi connectivity index (χ3v) is 3.18. The summed E-state index contributed by atoms with van der Waals surface area (Å²) >= 11 is 1.63. The van der Waals surface area contributed by atoms with Crippen molar-refractivity contribution >= 4 is 29.4 Å². The molecule has 2 amide bonds. The van der Waals surface area contributed by atoms with E-state index in [-0.39, 0.29) is 11.4 Å². The number of thioether (sulfide) groups is 1. The normalized spacial score (nSPS) is 11.7. The quantitative estimate of drug-likeness (QED) is 0.756. The molecule has 0 aliphatic heterocycles. The smallest absolute Gasteiger partial charge is 0.356 e. The summed E-state index contributed by atoms with van der Waals surface area (Å²) in [5.74, 6) is -1.18. The average Bonchev–Trinajstić information content (AvgIpc) is 2.36. The first-order valence-corrected chi connectivity index (χ1v) is 6.59. The van der Waals surface area contributed by atoms with Crippen LogP contribution < -0.4 is 10.6 Å². The molecule has 1 atom stereocenters. The number of pyridine rings is 1. The van der Waals surface area contributed by atoms with Crippen LogP contribution in [0.5, 0.6) is 0 Å². The van der Waals surface area contributed by atoms with E-state index in [1.165, 1.54) is 12.3 Å². The fourth-order valence-corrected chi connectivity index (χ4v) is 1.41. The minimum Gasteiger partial charge on any atom is -0.476 e. The number of anilines is 1. The second-order valence-corrected chi connectivity index (χ2v) is 4.86. The molecule has 0 spiro atoms. The van der Waals surface area contributed by atoms with E-state index in [4.69, 9.17) is 5.11 Å². The number of hydrogen-bond acceptors (Lipinski definition) is 4. The number of carbonyl (C=O) groups excluding carboxylic acids is 1. The van der Waals surface area contributed by atoms with Crippen LogP contribution in [0.25, 0.3) is 0 Å². The lowest BCUT2D eigenvalue weighted by molar-refractivity contribution is 0.0692. The molecule has 98 valence electrons. The van der Waals surface area contributed by atoms with Gasteiger partial charge in [0.2, 0.25) is 0 Å². The van der Waals surface area contributed by atoms with E-state index in [9.17, 15) is 9.59 Å². The number of urea groups is 1. The summed E-state index contributed by atoms with van der Waals surface area (Å²) in [5, 5.41) is 14.3. The molecule has 0 fully saturated rings. The highest BCUT2D eigenvalue weighted by atomic mass is 32.2. The second kappa shape index (κ2) is 6.85. The molecule has 0 aliphatic rings. The molecule has 0 radical (unpaired) electrons. The number of hydrogen-bond donors (Lipinski definition) is 3. The molecule has 0 saturated heterocycles. The van der Waals surface area contributed by atoms with Gasteiger partial charge < -0.3 is 15.7 Å². The topological polar surface area (TPSA) is 91.3 Å². The lowest BCUT2D eigenvalue weighted by atomic mass is 10.3. The van der Waals surface area contributed by atoms with Crippen LogP contribution in [0, 0.1) is 0 Å². The molecule has 18 heavy (non-hydrogen) atoms. The fourth-order valence-electron chi connectivity index (χ4n) is 1.16. The standard InChI is InChI=1S/C11H15N3O3S/c1-7(18-2)6-13-11(17)14-8-4-3-5-12-9(8)10(15)16/h3-5,7H,6H2,1-2H3,(H,15,16)(H2,13,14,17). The van der Waals surface area contributed by atoms with Crippen molar-refractivity contribution in [2.45, 2.75) is 12.2 Å². The number of aromatic carboxylic acids is 1. The first-order chi connectivity index (χ1) is 8.54. The van der Waals surface area contributed by atoms with Crippen LogP contribution in [0.4, 0.5) is 10.5 Å². The molecular formula is C11H15N3O3S. The highest BCUT2D eigenvalue weighted by Crippen LogP contribution is 2.11. The van der Waals surface area contributed by atoms with Crippen LogP contribution in [0.15, 0.2) is 18.3 Å². The van der Waals surface area contributed by atoms with Gasteiger partial charge in [-0.25, -0.2) is 14.6 Å². The van der Waals surface area contributed by atoms with Crippen molar-refractivity contribution in [3.63, 3.8) is 0 Å². The van der Waals surface area contributed by atoms with Gasteiger partial charge in [0, 0.05) is 18.0 Å². The SMILES string of the molecule is CSC(C)CNC(=O)Nc1cccnc1C(=O)O. The Hall–Kier alpha value is -1.76. The molecule has 6 nitrogen and oxygen atoms in total. The average molecular weight is 269 g/mol. The summed E-state index contributed by atoms with van der Waals surface area (Å²) in [4.78, 5) is 26.1. The van der Waals surface area contributed by atoms with E-state index < -0.39 is 12.0 Å². The van der Waals surface area contributed by atoms with Crippen molar-refractivity contribution in [2.75, 3.05) is 18.1 Å². The molecule has 3 N–H and O–H groups in total. The van der Waals surface area contributed by atoms with Gasteiger partial charge in [0.25, 0.3) is 0 Å². The zero-order valence-corrected chi connectivity index (χ0v) is 11.0. The number of nitrogens with zero attached hydrogens (tertiary/aromatic N) is 1. The van der Waals surface area contributed by atoms with Crippen LogP contribution in [0.3, 0.4) is 0 Å². The van der Waals surface area contributed by atoms with Crippen molar-refractivity contribution < 1.29 is 14.7 Å². The number of carboxylic acid groups (broad SMARTS) is 1. The van der Waals surface area contributed by atoms with E-state index in [0.717, 1.165) is 0 Å². The summed E-state index contributed by atoms with van der Waals surface area (Å²) in [6.07, 6.45) is 3.32. The van der Waals surface area contributed by atoms with Crippen molar-refractivity contribution in [1.82, 2.24) is 10.3 Å². The molecule has 1 heterocycles. The van der Waals surface area contributed by atoms with Crippen LogP contribution in [-0.4, -0.2) is 40.1 Å². The minimum atomic E-state index is -1.18. The molecule has 0 aromatic carbocycles. The maximum Gasteiger partial charge on any atom is 0.356 e. The Bertz CT molecular complexity index is 439. The second-order valence-electron chi connectivity index (χ2n) is 3.59. The number of amides is 2. The molecule has 7 heteroatoms. The largest absolute Gasteiger partial charge is 0.476 e. The highest BCUT2D eigenvalue weighted by molar-refractivity contribution is 7.99. The lowest BCUT2D eigenvalue weighted by Crippen LogP contribution is -2.33. The van der Waals surface area contributed by atoms with Gasteiger partial charge in [-0.1, -0.05) is 6.92 Å². The Morgan fingerprint density at radius 1 is 1.56 bits per heavy atom. The predicted octanol–water partition coefficient (Wildman–Crippen LogP) is 1.65. The van der Waals surface area contributed by atoms with Crippen molar-refractivity contribution in [2.24, 2.45) is 0 Å². The Balaban J connectivity index is 2.62. The van der Waals surface area contributed by atoms with Crippen LogP contribution >= 0.6 is 11.8 Å². The van der Waals surface area contributed by atoms with Gasteiger partial charge in [-0.3, -0.25) is 0 Å². The summed E-state index contributed by atoms with van der Waals surface area (Å²) in [6, 6.07) is 2.62. The first kappa shape index (κ1) is 14.3. The number of carboxylic acids is 1. The van der Waals surface area contributed by atoms with Gasteiger partial charge in [-0.05, 0) is 18.4 Å². The number of nitrogens with one attached hydrogen (secondary N) is 2. The van der Waals surface area contributed by atoms with Crippen LogP contribution in [0.2, 0.25) is 0 Å². The molecule has 1 rings (SSSR count). The maximum absolute atomic E-state index is 11.6. The summed E-state index contributed by atoms with van der Waals surface area (Å²) in [5.41, 5.74) is 0.00451. The number of aromatic nitrogens is 1. The number of carbonyl (C=O) groups is 2. The van der Waals surface area contributed by atoms with Crippen molar-refractivity contribution in [1.29, 1.82) is 0 Å². The van der Waals surface area contributed by atoms with Gasteiger partial charge in [-0.15, -0.1) is 0 Å². The van der Waals surface area contributed by atoms with E-state index in [2.05, 4.69) is 15.6 Å². The molecule has 0 saturated carbocycles. The van der Waals surface area contributed by atoms with E-state index in [0.29, 0.717) is 11.8 Å². The molecule has 0 bridgehead atoms. The van der Waals surface area contributed by atoms with Gasteiger partial charge >= 0.3 is 12.0 Å². The Kier molecular flexibility index (Phi) is 5.44.